The second-order valence-electron chi connectivity index (χ2n) is 6.50. The number of para-hydroxylation sites is 1. The quantitative estimate of drug-likeness (QED) is 0.592. The molecule has 4 aromatic rings. The summed E-state index contributed by atoms with van der Waals surface area (Å²) in [6.45, 7) is 0.166. The molecule has 4 rings (SSSR count). The third-order valence-electron chi connectivity index (χ3n) is 4.75. The van der Waals surface area contributed by atoms with Crippen LogP contribution in [0.1, 0.15) is 22.0 Å². The summed E-state index contributed by atoms with van der Waals surface area (Å²) in [6, 6.07) is 21.5. The Morgan fingerprint density at radius 1 is 1.04 bits per heavy atom. The number of rotatable bonds is 4. The van der Waals surface area contributed by atoms with Gasteiger partial charge in [0.1, 0.15) is 0 Å². The third-order valence-corrected chi connectivity index (χ3v) is 4.75. The van der Waals surface area contributed by atoms with Gasteiger partial charge < -0.3 is 15.0 Å². The highest BCUT2D eigenvalue weighted by Gasteiger charge is 2.16. The van der Waals surface area contributed by atoms with Crippen LogP contribution in [0.15, 0.2) is 72.9 Å². The first-order valence-corrected chi connectivity index (χ1v) is 8.62. The Bertz CT molecular complexity index is 1100. The lowest BCUT2D eigenvalue weighted by molar-refractivity contribution is 0.0917. The van der Waals surface area contributed by atoms with E-state index in [2.05, 4.69) is 5.32 Å². The summed E-state index contributed by atoms with van der Waals surface area (Å²) in [5, 5.41) is 16.5. The SMILES string of the molecule is Cn1cc(C(O)CNC(=O)c2ccc3ccccc3c2)c2ccccc21. The van der Waals surface area contributed by atoms with Crippen LogP contribution >= 0.6 is 0 Å². The van der Waals surface area contributed by atoms with Crippen molar-refractivity contribution in [3.05, 3.63) is 84.1 Å². The van der Waals surface area contributed by atoms with Crippen molar-refractivity contribution >= 4 is 27.6 Å². The molecule has 26 heavy (non-hydrogen) atoms. The normalized spacial score (nSPS) is 12.4. The maximum atomic E-state index is 12.5. The molecule has 1 unspecified atom stereocenters. The number of aryl methyl sites for hydroxylation is 1. The van der Waals surface area contributed by atoms with Crippen LogP contribution in [0.5, 0.6) is 0 Å². The van der Waals surface area contributed by atoms with Gasteiger partial charge >= 0.3 is 0 Å². The van der Waals surface area contributed by atoms with Crippen molar-refractivity contribution < 1.29 is 9.90 Å². The van der Waals surface area contributed by atoms with Gasteiger partial charge in [0.25, 0.3) is 5.91 Å². The second-order valence-corrected chi connectivity index (χ2v) is 6.50. The second kappa shape index (κ2) is 6.65. The lowest BCUT2D eigenvalue weighted by Crippen LogP contribution is -2.28. The van der Waals surface area contributed by atoms with Crippen molar-refractivity contribution in [1.82, 2.24) is 9.88 Å². The van der Waals surface area contributed by atoms with Crippen LogP contribution in [-0.4, -0.2) is 22.1 Å². The summed E-state index contributed by atoms with van der Waals surface area (Å²) in [5.74, 6) is -0.185. The van der Waals surface area contributed by atoms with Crippen LogP contribution in [-0.2, 0) is 7.05 Å². The van der Waals surface area contributed by atoms with E-state index < -0.39 is 6.10 Å². The fourth-order valence-electron chi connectivity index (χ4n) is 3.37. The minimum Gasteiger partial charge on any atom is -0.386 e. The smallest absolute Gasteiger partial charge is 0.251 e. The molecule has 1 aromatic heterocycles. The Morgan fingerprint density at radius 3 is 2.62 bits per heavy atom. The lowest BCUT2D eigenvalue weighted by Gasteiger charge is -2.12. The molecular formula is C22H20N2O2. The number of carbonyl (C=O) groups excluding carboxylic acids is 1. The molecule has 3 aromatic carbocycles. The van der Waals surface area contributed by atoms with E-state index in [1.807, 2.05) is 84.5 Å². The molecule has 4 heteroatoms. The van der Waals surface area contributed by atoms with Crippen LogP contribution in [0.4, 0.5) is 0 Å². The first-order chi connectivity index (χ1) is 12.6. The van der Waals surface area contributed by atoms with E-state index in [9.17, 15) is 9.90 Å². The Hall–Kier alpha value is -3.11. The standard InChI is InChI=1S/C22H20N2O2/c1-24-14-19(18-8-4-5-9-20(18)24)21(25)13-23-22(26)17-11-10-15-6-2-3-7-16(15)12-17/h2-12,14,21,25H,13H2,1H3,(H,23,26). The van der Waals surface area contributed by atoms with Crippen molar-refractivity contribution in [3.63, 3.8) is 0 Å². The summed E-state index contributed by atoms with van der Waals surface area (Å²) < 4.78 is 1.99. The van der Waals surface area contributed by atoms with Gasteiger partial charge in [-0.3, -0.25) is 4.79 Å². The average molecular weight is 344 g/mol. The number of aromatic nitrogens is 1. The lowest BCUT2D eigenvalue weighted by atomic mass is 10.1. The minimum atomic E-state index is -0.759. The highest BCUT2D eigenvalue weighted by atomic mass is 16.3. The van der Waals surface area contributed by atoms with Crippen LogP contribution < -0.4 is 5.32 Å². The fraction of sp³-hybridized carbons (Fsp3) is 0.136. The fourth-order valence-corrected chi connectivity index (χ4v) is 3.37. The van der Waals surface area contributed by atoms with Crippen molar-refractivity contribution in [1.29, 1.82) is 0 Å². The van der Waals surface area contributed by atoms with E-state index in [1.165, 1.54) is 0 Å². The number of amides is 1. The molecule has 0 radical (unpaired) electrons. The molecule has 1 amide bonds. The summed E-state index contributed by atoms with van der Waals surface area (Å²) >= 11 is 0. The van der Waals surface area contributed by atoms with Gasteiger partial charge in [-0.15, -0.1) is 0 Å². The molecule has 0 aliphatic carbocycles. The van der Waals surface area contributed by atoms with E-state index in [4.69, 9.17) is 0 Å². The number of benzene rings is 3. The molecule has 1 atom stereocenters. The number of nitrogens with one attached hydrogen (secondary N) is 1. The molecule has 0 spiro atoms. The Morgan fingerprint density at radius 2 is 1.77 bits per heavy atom. The summed E-state index contributed by atoms with van der Waals surface area (Å²) in [4.78, 5) is 12.5. The molecule has 0 aliphatic heterocycles. The highest BCUT2D eigenvalue weighted by Crippen LogP contribution is 2.25. The van der Waals surface area contributed by atoms with Gasteiger partial charge in [-0.2, -0.15) is 0 Å². The zero-order valence-corrected chi connectivity index (χ0v) is 14.5. The maximum Gasteiger partial charge on any atom is 0.251 e. The molecular weight excluding hydrogens is 324 g/mol. The van der Waals surface area contributed by atoms with Gasteiger partial charge in [0.2, 0.25) is 0 Å². The Labute approximate surface area is 151 Å². The van der Waals surface area contributed by atoms with E-state index in [0.717, 1.165) is 27.2 Å². The van der Waals surface area contributed by atoms with E-state index >= 15 is 0 Å². The van der Waals surface area contributed by atoms with Gasteiger partial charge in [-0.1, -0.05) is 48.5 Å². The first-order valence-electron chi connectivity index (χ1n) is 8.62. The van der Waals surface area contributed by atoms with Crippen molar-refractivity contribution in [2.24, 2.45) is 7.05 Å². The number of hydrogen-bond donors (Lipinski definition) is 2. The Kier molecular flexibility index (Phi) is 4.19. The number of nitrogens with zero attached hydrogens (tertiary/aromatic N) is 1. The zero-order chi connectivity index (χ0) is 18.1. The number of carbonyl (C=O) groups is 1. The molecule has 4 nitrogen and oxygen atoms in total. The van der Waals surface area contributed by atoms with Gasteiger partial charge in [-0.05, 0) is 29.0 Å². The summed E-state index contributed by atoms with van der Waals surface area (Å²) in [6.07, 6.45) is 1.16. The maximum absolute atomic E-state index is 12.5. The zero-order valence-electron chi connectivity index (χ0n) is 14.5. The van der Waals surface area contributed by atoms with Gasteiger partial charge in [0, 0.05) is 41.8 Å². The molecule has 0 saturated heterocycles. The van der Waals surface area contributed by atoms with Gasteiger partial charge in [-0.25, -0.2) is 0 Å². The molecule has 2 N–H and O–H groups in total. The average Bonchev–Trinajstić information content (AvgIpc) is 3.02. The minimum absolute atomic E-state index is 0.166. The predicted octanol–water partition coefficient (Wildman–Crippen LogP) is 3.79. The molecule has 1 heterocycles. The number of fused-ring (bicyclic) bond motifs is 2. The molecule has 0 fully saturated rings. The highest BCUT2D eigenvalue weighted by molar-refractivity contribution is 5.98. The van der Waals surface area contributed by atoms with Crippen molar-refractivity contribution in [2.45, 2.75) is 6.10 Å². The van der Waals surface area contributed by atoms with Crippen LogP contribution in [0.3, 0.4) is 0 Å². The van der Waals surface area contributed by atoms with Crippen LogP contribution in [0.2, 0.25) is 0 Å². The molecule has 130 valence electrons. The van der Waals surface area contributed by atoms with Crippen molar-refractivity contribution in [2.75, 3.05) is 6.54 Å². The van der Waals surface area contributed by atoms with Crippen molar-refractivity contribution in [3.8, 4) is 0 Å². The predicted molar refractivity (Wildman–Crippen MR) is 104 cm³/mol. The third kappa shape index (κ3) is 2.95. The Balaban J connectivity index is 1.51. The number of aliphatic hydroxyl groups excluding tert-OH is 1. The van der Waals surface area contributed by atoms with Gasteiger partial charge in [0.15, 0.2) is 0 Å². The van der Waals surface area contributed by atoms with E-state index in [1.54, 1.807) is 0 Å². The molecule has 0 bridgehead atoms. The molecule has 0 saturated carbocycles. The van der Waals surface area contributed by atoms with Crippen LogP contribution in [0.25, 0.3) is 21.7 Å². The monoisotopic (exact) mass is 344 g/mol. The van der Waals surface area contributed by atoms with E-state index in [0.29, 0.717) is 5.56 Å². The summed E-state index contributed by atoms with van der Waals surface area (Å²) in [7, 11) is 1.95. The molecule has 0 aliphatic rings. The topological polar surface area (TPSA) is 54.3 Å². The number of hydrogen-bond acceptors (Lipinski definition) is 2. The van der Waals surface area contributed by atoms with Crippen LogP contribution in [0, 0.1) is 0 Å². The number of aliphatic hydroxyl groups is 1. The van der Waals surface area contributed by atoms with Gasteiger partial charge in [0.05, 0.1) is 6.10 Å². The summed E-state index contributed by atoms with van der Waals surface area (Å²) in [5.41, 5.74) is 2.47. The largest absolute Gasteiger partial charge is 0.386 e. The van der Waals surface area contributed by atoms with E-state index in [-0.39, 0.29) is 12.5 Å². The first kappa shape index (κ1) is 16.4.